The zero-order valence-corrected chi connectivity index (χ0v) is 9.53. The number of hydrogen-bond donors (Lipinski definition) is 0. The first-order valence-corrected chi connectivity index (χ1v) is 5.26. The second-order valence-corrected chi connectivity index (χ2v) is 3.75. The van der Waals surface area contributed by atoms with Gasteiger partial charge in [-0.05, 0) is 6.42 Å². The first-order chi connectivity index (χ1) is 6.81. The van der Waals surface area contributed by atoms with E-state index >= 15 is 0 Å². The lowest BCUT2D eigenvalue weighted by molar-refractivity contribution is -0.163. The molecule has 0 N–H and O–H groups in total. The molecule has 15 heavy (non-hydrogen) atoms. The van der Waals surface area contributed by atoms with E-state index < -0.39 is 24.5 Å². The van der Waals surface area contributed by atoms with Gasteiger partial charge in [0.1, 0.15) is 6.54 Å². The number of amides is 1. The maximum absolute atomic E-state index is 12.1. The number of nitrogens with zero attached hydrogens (tertiary/aromatic N) is 1. The predicted molar refractivity (Wildman–Crippen MR) is 52.8 cm³/mol. The monoisotopic (exact) mass is 245 g/mol. The lowest BCUT2D eigenvalue weighted by atomic mass is 10.1. The minimum atomic E-state index is -4.37. The highest BCUT2D eigenvalue weighted by Crippen LogP contribution is 2.18. The van der Waals surface area contributed by atoms with Gasteiger partial charge in [-0.1, -0.05) is 13.8 Å². The Morgan fingerprint density at radius 1 is 1.47 bits per heavy atom. The molecule has 0 fully saturated rings. The zero-order chi connectivity index (χ0) is 12.1. The summed E-state index contributed by atoms with van der Waals surface area (Å²) in [7, 11) is 0. The molecular formula is C9H15ClF3NO. The molecule has 0 saturated carbocycles. The molecule has 1 unspecified atom stereocenters. The number of rotatable bonds is 5. The van der Waals surface area contributed by atoms with Crippen molar-refractivity contribution in [2.75, 3.05) is 19.0 Å². The summed E-state index contributed by atoms with van der Waals surface area (Å²) in [5, 5.41) is 0. The molecule has 0 heterocycles. The predicted octanol–water partition coefficient (Wildman–Crippen LogP) is 2.66. The summed E-state index contributed by atoms with van der Waals surface area (Å²) in [6.07, 6.45) is -3.84. The molecule has 6 heteroatoms. The Labute approximate surface area is 92.4 Å². The number of alkyl halides is 4. The fraction of sp³-hybridized carbons (Fsp3) is 0.889. The van der Waals surface area contributed by atoms with Crippen LogP contribution < -0.4 is 0 Å². The average Bonchev–Trinajstić information content (AvgIpc) is 2.13. The van der Waals surface area contributed by atoms with Gasteiger partial charge in [-0.2, -0.15) is 13.2 Å². The Bertz CT molecular complexity index is 208. The molecule has 1 atom stereocenters. The maximum Gasteiger partial charge on any atom is 0.406 e. The highest BCUT2D eigenvalue weighted by molar-refractivity contribution is 6.18. The highest BCUT2D eigenvalue weighted by atomic mass is 35.5. The van der Waals surface area contributed by atoms with Crippen LogP contribution in [0.4, 0.5) is 13.2 Å². The lowest BCUT2D eigenvalue weighted by Crippen LogP contribution is -2.42. The molecule has 0 rings (SSSR count). The van der Waals surface area contributed by atoms with Crippen LogP contribution in [0.3, 0.4) is 0 Å². The second-order valence-electron chi connectivity index (χ2n) is 3.37. The van der Waals surface area contributed by atoms with Crippen molar-refractivity contribution in [3.63, 3.8) is 0 Å². The van der Waals surface area contributed by atoms with Gasteiger partial charge in [0.25, 0.3) is 0 Å². The van der Waals surface area contributed by atoms with Crippen LogP contribution in [0, 0.1) is 5.92 Å². The maximum atomic E-state index is 12.1. The van der Waals surface area contributed by atoms with Crippen molar-refractivity contribution in [3.05, 3.63) is 0 Å². The van der Waals surface area contributed by atoms with E-state index in [0.29, 0.717) is 6.42 Å². The van der Waals surface area contributed by atoms with Crippen molar-refractivity contribution in [1.82, 2.24) is 4.90 Å². The van der Waals surface area contributed by atoms with Crippen molar-refractivity contribution in [2.45, 2.75) is 26.4 Å². The smallest absolute Gasteiger partial charge is 0.332 e. The number of carbonyl (C=O) groups excluding carboxylic acids is 1. The fourth-order valence-corrected chi connectivity index (χ4v) is 1.28. The summed E-state index contributed by atoms with van der Waals surface area (Å²) in [5.74, 6) is -0.871. The largest absolute Gasteiger partial charge is 0.406 e. The summed E-state index contributed by atoms with van der Waals surface area (Å²) in [6, 6.07) is 0. The van der Waals surface area contributed by atoms with Crippen molar-refractivity contribution in [1.29, 1.82) is 0 Å². The van der Waals surface area contributed by atoms with Gasteiger partial charge in [-0.15, -0.1) is 11.6 Å². The van der Waals surface area contributed by atoms with E-state index in [9.17, 15) is 18.0 Å². The van der Waals surface area contributed by atoms with Crippen LogP contribution >= 0.6 is 11.6 Å². The van der Waals surface area contributed by atoms with Crippen LogP contribution in [0.2, 0.25) is 0 Å². The van der Waals surface area contributed by atoms with E-state index in [1.54, 1.807) is 13.8 Å². The van der Waals surface area contributed by atoms with Crippen LogP contribution in [-0.2, 0) is 4.79 Å². The standard InChI is InChI=1S/C9H15ClF3NO/c1-3-7(2)8(15)14(5-4-10)6-9(11,12)13/h7H,3-6H2,1-2H3. The average molecular weight is 246 g/mol. The molecule has 0 saturated heterocycles. The highest BCUT2D eigenvalue weighted by Gasteiger charge is 2.33. The Balaban J connectivity index is 4.45. The van der Waals surface area contributed by atoms with Gasteiger partial charge in [0, 0.05) is 18.3 Å². The minimum absolute atomic E-state index is 0.0122. The molecule has 0 aliphatic rings. The van der Waals surface area contributed by atoms with Crippen molar-refractivity contribution >= 4 is 17.5 Å². The Morgan fingerprint density at radius 3 is 2.33 bits per heavy atom. The summed E-state index contributed by atoms with van der Waals surface area (Å²) in [6.45, 7) is 2.09. The van der Waals surface area contributed by atoms with Crippen LogP contribution in [0.1, 0.15) is 20.3 Å². The van der Waals surface area contributed by atoms with Gasteiger partial charge in [0.2, 0.25) is 5.91 Å². The molecule has 1 amide bonds. The van der Waals surface area contributed by atoms with Crippen LogP contribution in [0.5, 0.6) is 0 Å². The molecule has 90 valence electrons. The summed E-state index contributed by atoms with van der Waals surface area (Å²) in [4.78, 5) is 12.3. The molecule has 0 aromatic heterocycles. The Kier molecular flexibility index (Phi) is 6.02. The number of halogens is 4. The van der Waals surface area contributed by atoms with Gasteiger partial charge in [0.05, 0.1) is 0 Å². The molecule has 0 aliphatic heterocycles. The fourth-order valence-electron chi connectivity index (χ4n) is 1.07. The number of carbonyl (C=O) groups is 1. The summed E-state index contributed by atoms with van der Waals surface area (Å²) in [5.41, 5.74) is 0. The lowest BCUT2D eigenvalue weighted by Gasteiger charge is -2.25. The van der Waals surface area contributed by atoms with Gasteiger partial charge >= 0.3 is 6.18 Å². The van der Waals surface area contributed by atoms with Crippen LogP contribution in [0.25, 0.3) is 0 Å². The Morgan fingerprint density at radius 2 is 2.00 bits per heavy atom. The van der Waals surface area contributed by atoms with E-state index in [2.05, 4.69) is 0 Å². The molecule has 0 aromatic carbocycles. The molecule has 0 radical (unpaired) electrons. The van der Waals surface area contributed by atoms with E-state index in [1.807, 2.05) is 0 Å². The topological polar surface area (TPSA) is 20.3 Å². The molecule has 2 nitrogen and oxygen atoms in total. The number of hydrogen-bond acceptors (Lipinski definition) is 1. The third-order valence-electron chi connectivity index (χ3n) is 2.07. The molecule has 0 bridgehead atoms. The summed E-state index contributed by atoms with van der Waals surface area (Å²) < 4.78 is 36.4. The third kappa shape index (κ3) is 5.87. The SMILES string of the molecule is CCC(C)C(=O)N(CCCl)CC(F)(F)F. The second kappa shape index (κ2) is 6.20. The van der Waals surface area contributed by atoms with Gasteiger partial charge in [-0.3, -0.25) is 4.79 Å². The first-order valence-electron chi connectivity index (χ1n) is 4.73. The van der Waals surface area contributed by atoms with Gasteiger partial charge in [-0.25, -0.2) is 0 Å². The molecule has 0 spiro atoms. The molecule has 0 aromatic rings. The minimum Gasteiger partial charge on any atom is -0.332 e. The van der Waals surface area contributed by atoms with Gasteiger partial charge in [0.15, 0.2) is 0 Å². The van der Waals surface area contributed by atoms with Crippen molar-refractivity contribution in [3.8, 4) is 0 Å². The summed E-state index contributed by atoms with van der Waals surface area (Å²) >= 11 is 5.36. The third-order valence-corrected chi connectivity index (χ3v) is 2.24. The molecular weight excluding hydrogens is 231 g/mol. The van der Waals surface area contributed by atoms with E-state index in [-0.39, 0.29) is 12.4 Å². The molecule has 0 aliphatic carbocycles. The zero-order valence-electron chi connectivity index (χ0n) is 8.77. The van der Waals surface area contributed by atoms with Gasteiger partial charge < -0.3 is 4.90 Å². The van der Waals surface area contributed by atoms with Crippen molar-refractivity contribution in [2.24, 2.45) is 5.92 Å². The van der Waals surface area contributed by atoms with E-state index in [1.165, 1.54) is 0 Å². The van der Waals surface area contributed by atoms with E-state index in [0.717, 1.165) is 4.90 Å². The van der Waals surface area contributed by atoms with Crippen molar-refractivity contribution < 1.29 is 18.0 Å². The Hall–Kier alpha value is -0.450. The van der Waals surface area contributed by atoms with Crippen LogP contribution in [-0.4, -0.2) is 36.0 Å². The first kappa shape index (κ1) is 14.6. The quantitative estimate of drug-likeness (QED) is 0.682. The van der Waals surface area contributed by atoms with Crippen LogP contribution in [0.15, 0.2) is 0 Å². The van der Waals surface area contributed by atoms with E-state index in [4.69, 9.17) is 11.6 Å². The normalized spacial score (nSPS) is 13.7.